The molecule has 79 heavy (non-hydrogen) atoms. The first-order valence-electron chi connectivity index (χ1n) is 27.0. The number of aryl methyl sites for hydroxylation is 1. The maximum atomic E-state index is 14.3. The highest BCUT2D eigenvalue weighted by atomic mass is 16.5. The van der Waals surface area contributed by atoms with Crippen molar-refractivity contribution in [1.82, 2.24) is 25.3 Å². The third kappa shape index (κ3) is 14.0. The van der Waals surface area contributed by atoms with Crippen LogP contribution in [-0.2, 0) is 54.7 Å². The zero-order chi connectivity index (χ0) is 56.2. The molecule has 7 amide bonds. The van der Waals surface area contributed by atoms with Crippen LogP contribution in [0.1, 0.15) is 104 Å². The minimum absolute atomic E-state index is 0.161. The van der Waals surface area contributed by atoms with Gasteiger partial charge in [0.05, 0.1) is 56.5 Å². The summed E-state index contributed by atoms with van der Waals surface area (Å²) in [6, 6.07) is 18.6. The van der Waals surface area contributed by atoms with Crippen molar-refractivity contribution in [3.8, 4) is 23.0 Å². The Kier molecular flexibility index (Phi) is 18.9. The first kappa shape index (κ1) is 56.8. The van der Waals surface area contributed by atoms with Crippen molar-refractivity contribution in [2.24, 2.45) is 15.9 Å². The van der Waals surface area contributed by atoms with E-state index in [9.17, 15) is 33.6 Å². The van der Waals surface area contributed by atoms with Gasteiger partial charge in [-0.05, 0) is 117 Å². The Bertz CT molecular complexity index is 3030. The van der Waals surface area contributed by atoms with Crippen LogP contribution < -0.4 is 34.9 Å². The molecule has 4 aromatic carbocycles. The average Bonchev–Trinajstić information content (AvgIpc) is 3.79. The topological polar surface area (TPSA) is 227 Å². The quantitative estimate of drug-likeness (QED) is 0.0259. The first-order valence-corrected chi connectivity index (χ1v) is 27.0. The maximum Gasteiger partial charge on any atom is 0.257 e. The minimum Gasteiger partial charge on any atom is -0.493 e. The normalized spacial score (nSPS) is 17.1. The molecule has 19 heteroatoms. The fraction of sp³-hybridized carbons (Fsp3) is 0.417. The predicted octanol–water partition coefficient (Wildman–Crippen LogP) is 7.28. The summed E-state index contributed by atoms with van der Waals surface area (Å²) in [7, 11) is 3.14. The largest absolute Gasteiger partial charge is 0.493 e. The molecule has 3 N–H and O–H groups in total. The van der Waals surface area contributed by atoms with E-state index in [0.717, 1.165) is 53.6 Å². The van der Waals surface area contributed by atoms with Crippen LogP contribution in [0.2, 0.25) is 0 Å². The average molecular weight is 1080 g/mol. The molecule has 0 aromatic heterocycles. The molecule has 8 rings (SSSR count). The number of anilines is 1. The van der Waals surface area contributed by atoms with Gasteiger partial charge in [-0.2, -0.15) is 0 Å². The van der Waals surface area contributed by atoms with Crippen molar-refractivity contribution in [1.29, 1.82) is 0 Å². The van der Waals surface area contributed by atoms with Crippen molar-refractivity contribution in [3.05, 3.63) is 112 Å². The summed E-state index contributed by atoms with van der Waals surface area (Å²) in [5.74, 6) is -0.351. The Morgan fingerprint density at radius 2 is 1.43 bits per heavy atom. The van der Waals surface area contributed by atoms with E-state index in [-0.39, 0.29) is 61.1 Å². The smallest absolute Gasteiger partial charge is 0.257 e. The van der Waals surface area contributed by atoms with Gasteiger partial charge < -0.3 is 44.7 Å². The van der Waals surface area contributed by atoms with E-state index in [2.05, 4.69) is 28.1 Å². The van der Waals surface area contributed by atoms with E-state index >= 15 is 0 Å². The fourth-order valence-corrected chi connectivity index (χ4v) is 10.0. The van der Waals surface area contributed by atoms with Crippen molar-refractivity contribution < 1.29 is 52.5 Å². The van der Waals surface area contributed by atoms with Gasteiger partial charge in [-0.1, -0.05) is 50.6 Å². The molecule has 416 valence electrons. The number of aliphatic imine (C=N–C) groups is 2. The number of carbonyl (C=O) groups excluding carboxylic acids is 7. The van der Waals surface area contributed by atoms with E-state index in [1.165, 1.54) is 29.7 Å². The number of ether oxygens (including phenoxy) is 4. The molecule has 4 aliphatic heterocycles. The third-order valence-corrected chi connectivity index (χ3v) is 14.6. The second kappa shape index (κ2) is 26.3. The first-order chi connectivity index (χ1) is 38.1. The van der Waals surface area contributed by atoms with Gasteiger partial charge in [-0.25, -0.2) is 0 Å². The Balaban J connectivity index is 0.791. The summed E-state index contributed by atoms with van der Waals surface area (Å²) in [6.07, 6.45) is 12.3. The Morgan fingerprint density at radius 1 is 0.747 bits per heavy atom. The number of carbonyl (C=O) groups is 7. The molecule has 0 radical (unpaired) electrons. The summed E-state index contributed by atoms with van der Waals surface area (Å²) < 4.78 is 23.8. The van der Waals surface area contributed by atoms with Crippen LogP contribution >= 0.6 is 0 Å². The zero-order valence-corrected chi connectivity index (χ0v) is 45.8. The Labute approximate surface area is 460 Å². The molecule has 19 nitrogen and oxygen atoms in total. The summed E-state index contributed by atoms with van der Waals surface area (Å²) in [4.78, 5) is 104. The minimum atomic E-state index is -0.943. The molecule has 4 atom stereocenters. The lowest BCUT2D eigenvalue weighted by atomic mass is 9.93. The number of imide groups is 1. The molecule has 0 bridgehead atoms. The number of amides is 7. The van der Waals surface area contributed by atoms with Gasteiger partial charge in [0.1, 0.15) is 12.1 Å². The Hall–Kier alpha value is -8.35. The number of nitrogens with one attached hydrogen (secondary N) is 3. The van der Waals surface area contributed by atoms with Crippen LogP contribution in [0.15, 0.2) is 88.9 Å². The van der Waals surface area contributed by atoms with Crippen LogP contribution in [0.4, 0.5) is 17.1 Å². The van der Waals surface area contributed by atoms with E-state index in [4.69, 9.17) is 28.9 Å². The van der Waals surface area contributed by atoms with Crippen LogP contribution in [-0.4, -0.2) is 127 Å². The zero-order valence-electron chi connectivity index (χ0n) is 45.8. The third-order valence-electron chi connectivity index (χ3n) is 14.6. The molecule has 4 unspecified atom stereocenters. The van der Waals surface area contributed by atoms with Gasteiger partial charge >= 0.3 is 0 Å². The number of methoxy groups -OCH3 is 2. The highest BCUT2D eigenvalue weighted by Crippen LogP contribution is 2.39. The van der Waals surface area contributed by atoms with Crippen molar-refractivity contribution in [2.75, 3.05) is 39.3 Å². The van der Waals surface area contributed by atoms with E-state index in [1.807, 2.05) is 49.5 Å². The molecule has 4 heterocycles. The number of hydrogen-bond acceptors (Lipinski definition) is 13. The summed E-state index contributed by atoms with van der Waals surface area (Å²) in [5, 5.41) is 8.42. The van der Waals surface area contributed by atoms with Crippen LogP contribution in [0.5, 0.6) is 23.0 Å². The van der Waals surface area contributed by atoms with E-state index in [1.54, 1.807) is 62.1 Å². The van der Waals surface area contributed by atoms with Crippen molar-refractivity contribution >= 4 is 71.3 Å². The molecular formula is C60H70N8O11. The molecule has 0 fully saturated rings. The predicted molar refractivity (Wildman–Crippen MR) is 299 cm³/mol. The van der Waals surface area contributed by atoms with Crippen molar-refractivity contribution in [3.63, 3.8) is 0 Å². The lowest BCUT2D eigenvalue weighted by molar-refractivity contribution is -0.137. The Morgan fingerprint density at radius 3 is 2.14 bits per heavy atom. The second-order valence-electron chi connectivity index (χ2n) is 20.6. The van der Waals surface area contributed by atoms with E-state index < -0.39 is 23.9 Å². The number of hydrogen-bond donors (Lipinski definition) is 3. The number of rotatable bonds is 25. The monoisotopic (exact) mass is 1080 g/mol. The number of nitrogens with zero attached hydrogens (tertiary/aromatic N) is 5. The molecule has 4 aliphatic rings. The number of unbranched alkanes of at least 4 members (excludes halogenated alkanes) is 4. The lowest BCUT2D eigenvalue weighted by Crippen LogP contribution is -2.53. The van der Waals surface area contributed by atoms with E-state index in [0.29, 0.717) is 91.8 Å². The van der Waals surface area contributed by atoms with Crippen molar-refractivity contribution in [2.45, 2.75) is 123 Å². The number of fused-ring (bicyclic) bond motifs is 4. The van der Waals surface area contributed by atoms with Gasteiger partial charge in [0.15, 0.2) is 23.0 Å². The second-order valence-corrected chi connectivity index (χ2v) is 20.6. The van der Waals surface area contributed by atoms with Gasteiger partial charge in [0.25, 0.3) is 17.7 Å². The molecule has 0 aliphatic carbocycles. The standard InChI is InChI=1S/C60H70N8O11/c1-37(2)57(65-54(70)17-9-7-12-22-67-55(71)20-21-56(67)72)59(74)63-39(4)58(73)64-44-19-18-41-28-46-33-62-49-31-53(51(77-6)29-47(49)60(75)68(46)35-43(41)26-44)79-24-14-8-13-23-78-52-30-48(38(3)25-50(52)76-5)61-32-45-27-40-15-10-11-16-42(40)34-66(45)36-69/h10-11,15-16,18-21,25-26,29-33,36-37,39,45-46,57H,7-9,12-14,17,22-24,27-28,34-35H2,1-6H3,(H,63,74)(H,64,73)(H,65,70). The van der Waals surface area contributed by atoms with Crippen LogP contribution in [0.3, 0.4) is 0 Å². The summed E-state index contributed by atoms with van der Waals surface area (Å²) in [5.41, 5.74) is 7.22. The van der Waals surface area contributed by atoms with Gasteiger partial charge in [-0.15, -0.1) is 0 Å². The fourth-order valence-electron chi connectivity index (χ4n) is 10.0. The molecule has 0 saturated carbocycles. The molecular weight excluding hydrogens is 1010 g/mol. The number of benzene rings is 4. The summed E-state index contributed by atoms with van der Waals surface area (Å²) >= 11 is 0. The molecule has 4 aromatic rings. The lowest BCUT2D eigenvalue weighted by Gasteiger charge is -2.34. The van der Waals surface area contributed by atoms with Gasteiger partial charge in [-0.3, -0.25) is 48.4 Å². The molecule has 0 saturated heterocycles. The summed E-state index contributed by atoms with van der Waals surface area (Å²) in [6.45, 7) is 9.06. The highest BCUT2D eigenvalue weighted by Gasteiger charge is 2.34. The van der Waals surface area contributed by atoms with Gasteiger partial charge in [0.2, 0.25) is 24.1 Å². The molecule has 0 spiro atoms. The van der Waals surface area contributed by atoms with Crippen LogP contribution in [0, 0.1) is 12.8 Å². The van der Waals surface area contributed by atoms with Crippen LogP contribution in [0.25, 0.3) is 0 Å². The van der Waals surface area contributed by atoms with Gasteiger partial charge in [0, 0.05) is 68.5 Å². The maximum absolute atomic E-state index is 14.3. The SMILES string of the molecule is COc1cc(C)c(N=CC2Cc3ccccc3CN2C=O)cc1OCCCCCOc1cc2c(cc1OC)C(=O)N1Cc3cc(NC(=O)C(C)NC(=O)C(NC(=O)CCCCCN4C(=O)C=CC4=O)C(C)C)ccc3CC1C=N2. The highest BCUT2D eigenvalue weighted by molar-refractivity contribution is 6.13.